The summed E-state index contributed by atoms with van der Waals surface area (Å²) < 4.78 is 11.0. The number of hydrogen-bond donors (Lipinski definition) is 4. The molecule has 0 saturated carbocycles. The number of nitriles is 1. The van der Waals surface area contributed by atoms with E-state index in [0.717, 1.165) is 16.8 Å². The molecular weight excluding hydrogens is 494 g/mol. The Bertz CT molecular complexity index is 1330. The van der Waals surface area contributed by atoms with E-state index in [-0.39, 0.29) is 12.7 Å². The summed E-state index contributed by atoms with van der Waals surface area (Å²) in [6.07, 6.45) is 1.50. The molecule has 1 aliphatic heterocycles. The number of ether oxygens (including phenoxy) is 2. The molecule has 4 rings (SSSR count). The Morgan fingerprint density at radius 2 is 2.11 bits per heavy atom. The van der Waals surface area contributed by atoms with Crippen molar-refractivity contribution in [1.29, 1.82) is 5.26 Å². The zero-order chi connectivity index (χ0) is 26.6. The molecule has 0 amide bonds. The Labute approximate surface area is 221 Å². The van der Waals surface area contributed by atoms with Gasteiger partial charge in [-0.2, -0.15) is 10.2 Å². The average molecular weight is 524 g/mol. The molecule has 1 atom stereocenters. The van der Waals surface area contributed by atoms with Gasteiger partial charge in [0.2, 0.25) is 11.8 Å². The molecule has 0 saturated heterocycles. The van der Waals surface area contributed by atoms with E-state index in [1.165, 1.54) is 0 Å². The van der Waals surface area contributed by atoms with Crippen molar-refractivity contribution in [3.8, 4) is 23.2 Å². The molecule has 0 aliphatic carbocycles. The summed E-state index contributed by atoms with van der Waals surface area (Å²) in [5, 5.41) is 29.7. The number of aromatic nitrogens is 3. The summed E-state index contributed by atoms with van der Waals surface area (Å²) in [5.41, 5.74) is 3.52. The number of nitrogens with zero attached hydrogens (tertiary/aromatic N) is 4. The molecule has 10 nitrogen and oxygen atoms in total. The molecule has 0 bridgehead atoms. The highest BCUT2D eigenvalue weighted by Crippen LogP contribution is 2.41. The molecule has 11 heteroatoms. The van der Waals surface area contributed by atoms with Crippen LogP contribution in [0.4, 0.5) is 23.1 Å². The Balaban J connectivity index is 1.68. The van der Waals surface area contributed by atoms with Crippen LogP contribution in [0.1, 0.15) is 31.9 Å². The van der Waals surface area contributed by atoms with Gasteiger partial charge in [0.1, 0.15) is 17.6 Å². The van der Waals surface area contributed by atoms with Crippen LogP contribution in [0.3, 0.4) is 0 Å². The van der Waals surface area contributed by atoms with E-state index >= 15 is 0 Å². The van der Waals surface area contributed by atoms with Gasteiger partial charge in [0, 0.05) is 37.4 Å². The lowest BCUT2D eigenvalue weighted by Gasteiger charge is -2.21. The molecule has 0 radical (unpaired) electrons. The lowest BCUT2D eigenvalue weighted by molar-refractivity contribution is 0.210. The van der Waals surface area contributed by atoms with Gasteiger partial charge in [-0.1, -0.05) is 18.5 Å². The second-order valence-electron chi connectivity index (χ2n) is 9.28. The maximum absolute atomic E-state index is 10.00. The molecule has 37 heavy (non-hydrogen) atoms. The van der Waals surface area contributed by atoms with Crippen molar-refractivity contribution in [3.63, 3.8) is 0 Å². The van der Waals surface area contributed by atoms with E-state index in [4.69, 9.17) is 21.1 Å². The van der Waals surface area contributed by atoms with Crippen molar-refractivity contribution < 1.29 is 14.6 Å². The van der Waals surface area contributed by atoms with E-state index in [2.05, 4.69) is 37.0 Å². The minimum atomic E-state index is -0.490. The standard InChI is InChI=1S/C26H30ClN7O3/c1-15(2)37-24-21(11-19(27)23(34-24)29-7-8-36-4)33-25-30-6-5-20(32-25)16-9-17(12-28)22-18(10-16)26(3,14-35)13-31-22/h5-6,9-11,15,31,35H,7-8,13-14H2,1-4H3,(H,29,34)(H,30,32,33). The first kappa shape index (κ1) is 26.4. The Morgan fingerprint density at radius 3 is 2.81 bits per heavy atom. The summed E-state index contributed by atoms with van der Waals surface area (Å²) in [5.74, 6) is 1.14. The van der Waals surface area contributed by atoms with E-state index < -0.39 is 5.41 Å². The number of aliphatic hydroxyl groups is 1. The summed E-state index contributed by atoms with van der Waals surface area (Å²) >= 11 is 6.48. The van der Waals surface area contributed by atoms with Crippen LogP contribution in [0.15, 0.2) is 30.5 Å². The third-order valence-electron chi connectivity index (χ3n) is 6.00. The van der Waals surface area contributed by atoms with E-state index in [1.54, 1.807) is 31.5 Å². The number of rotatable bonds is 10. The molecule has 2 aromatic heterocycles. The quantitative estimate of drug-likeness (QED) is 0.284. The minimum Gasteiger partial charge on any atom is -0.473 e. The zero-order valence-corrected chi connectivity index (χ0v) is 22.0. The van der Waals surface area contributed by atoms with Crippen molar-refractivity contribution in [2.45, 2.75) is 32.3 Å². The number of pyridine rings is 1. The van der Waals surface area contributed by atoms with Crippen molar-refractivity contribution in [2.24, 2.45) is 0 Å². The second kappa shape index (κ2) is 11.2. The van der Waals surface area contributed by atoms with Crippen LogP contribution in [0, 0.1) is 11.3 Å². The van der Waals surface area contributed by atoms with Gasteiger partial charge in [0.05, 0.1) is 41.3 Å². The topological polar surface area (TPSA) is 137 Å². The summed E-state index contributed by atoms with van der Waals surface area (Å²) in [4.78, 5) is 13.6. The molecule has 1 unspecified atom stereocenters. The number of benzene rings is 1. The predicted octanol–water partition coefficient (Wildman–Crippen LogP) is 4.33. The fraction of sp³-hybridized carbons (Fsp3) is 0.385. The largest absolute Gasteiger partial charge is 0.473 e. The van der Waals surface area contributed by atoms with Crippen LogP contribution in [-0.2, 0) is 10.2 Å². The van der Waals surface area contributed by atoms with Gasteiger partial charge in [-0.05, 0) is 43.7 Å². The Kier molecular flexibility index (Phi) is 7.97. The third kappa shape index (κ3) is 5.69. The first-order chi connectivity index (χ1) is 17.8. The van der Waals surface area contributed by atoms with Gasteiger partial charge in [0.15, 0.2) is 0 Å². The van der Waals surface area contributed by atoms with E-state index in [1.807, 2.05) is 26.8 Å². The second-order valence-corrected chi connectivity index (χ2v) is 9.69. The number of methoxy groups -OCH3 is 1. The van der Waals surface area contributed by atoms with Crippen LogP contribution in [-0.4, -0.2) is 59.6 Å². The molecule has 1 aromatic carbocycles. The maximum Gasteiger partial charge on any atom is 0.240 e. The van der Waals surface area contributed by atoms with Crippen LogP contribution in [0.5, 0.6) is 5.88 Å². The fourth-order valence-electron chi connectivity index (χ4n) is 4.03. The SMILES string of the molecule is COCCNc1nc(OC(C)C)c(Nc2nccc(-c3cc(C#N)c4c(c3)C(C)(CO)CN4)n2)cc1Cl. The molecule has 194 valence electrons. The number of nitrogens with one attached hydrogen (secondary N) is 3. The molecule has 0 spiro atoms. The van der Waals surface area contributed by atoms with Crippen molar-refractivity contribution in [2.75, 3.05) is 49.4 Å². The van der Waals surface area contributed by atoms with Crippen LogP contribution in [0.2, 0.25) is 5.02 Å². The van der Waals surface area contributed by atoms with Gasteiger partial charge in [-0.15, -0.1) is 0 Å². The van der Waals surface area contributed by atoms with Crippen LogP contribution in [0.25, 0.3) is 11.3 Å². The molecular formula is C26H30ClN7O3. The summed E-state index contributed by atoms with van der Waals surface area (Å²) in [6.45, 7) is 7.33. The van der Waals surface area contributed by atoms with Gasteiger partial charge in [-0.25, -0.2) is 9.97 Å². The van der Waals surface area contributed by atoms with Gasteiger partial charge in [-0.3, -0.25) is 0 Å². The fourth-order valence-corrected chi connectivity index (χ4v) is 4.25. The monoisotopic (exact) mass is 523 g/mol. The highest BCUT2D eigenvalue weighted by atomic mass is 35.5. The molecule has 3 aromatic rings. The first-order valence-corrected chi connectivity index (χ1v) is 12.3. The maximum atomic E-state index is 10.00. The van der Waals surface area contributed by atoms with Gasteiger partial charge >= 0.3 is 0 Å². The highest BCUT2D eigenvalue weighted by Gasteiger charge is 2.36. The Morgan fingerprint density at radius 1 is 1.30 bits per heavy atom. The molecule has 4 N–H and O–H groups in total. The normalized spacial score (nSPS) is 16.2. The molecule has 1 aliphatic rings. The van der Waals surface area contributed by atoms with Crippen molar-refractivity contribution in [1.82, 2.24) is 15.0 Å². The molecule has 0 fully saturated rings. The van der Waals surface area contributed by atoms with Crippen molar-refractivity contribution in [3.05, 3.63) is 46.6 Å². The van der Waals surface area contributed by atoms with Gasteiger partial charge < -0.3 is 30.5 Å². The lowest BCUT2D eigenvalue weighted by atomic mass is 9.83. The zero-order valence-electron chi connectivity index (χ0n) is 21.2. The third-order valence-corrected chi connectivity index (χ3v) is 6.29. The Hall–Kier alpha value is -3.65. The number of fused-ring (bicyclic) bond motifs is 1. The number of halogens is 1. The number of anilines is 4. The highest BCUT2D eigenvalue weighted by molar-refractivity contribution is 6.33. The predicted molar refractivity (Wildman–Crippen MR) is 144 cm³/mol. The smallest absolute Gasteiger partial charge is 0.240 e. The first-order valence-electron chi connectivity index (χ1n) is 11.9. The van der Waals surface area contributed by atoms with Crippen LogP contribution < -0.4 is 20.7 Å². The minimum absolute atomic E-state index is 0.0411. The summed E-state index contributed by atoms with van der Waals surface area (Å²) in [6, 6.07) is 9.48. The average Bonchev–Trinajstić information content (AvgIpc) is 3.23. The lowest BCUT2D eigenvalue weighted by Crippen LogP contribution is -2.28. The van der Waals surface area contributed by atoms with Gasteiger partial charge in [0.25, 0.3) is 0 Å². The van der Waals surface area contributed by atoms with E-state index in [0.29, 0.717) is 59.3 Å². The molecule has 3 heterocycles. The van der Waals surface area contributed by atoms with Crippen molar-refractivity contribution >= 4 is 34.7 Å². The van der Waals surface area contributed by atoms with E-state index in [9.17, 15) is 10.4 Å². The van der Waals surface area contributed by atoms with Crippen LogP contribution >= 0.6 is 11.6 Å². The number of aliphatic hydroxyl groups excluding tert-OH is 1. The number of hydrogen-bond acceptors (Lipinski definition) is 10. The summed E-state index contributed by atoms with van der Waals surface area (Å²) in [7, 11) is 1.62.